The molecule has 0 saturated heterocycles. The van der Waals surface area contributed by atoms with Crippen LogP contribution in [0.25, 0.3) is 0 Å². The van der Waals surface area contributed by atoms with Crippen LogP contribution in [-0.2, 0) is 4.74 Å². The lowest BCUT2D eigenvalue weighted by Crippen LogP contribution is -2.58. The number of hydrogen-bond acceptors (Lipinski definition) is 3. The number of hydrogen-bond donors (Lipinski definition) is 2. The van der Waals surface area contributed by atoms with Crippen molar-refractivity contribution in [3.63, 3.8) is 0 Å². The number of ether oxygens (including phenoxy) is 1. The van der Waals surface area contributed by atoms with Crippen LogP contribution < -0.4 is 0 Å². The van der Waals surface area contributed by atoms with Crippen molar-refractivity contribution in [1.82, 2.24) is 0 Å². The summed E-state index contributed by atoms with van der Waals surface area (Å²) in [6.45, 7) is 13.2. The highest BCUT2D eigenvalue weighted by Crippen LogP contribution is 2.62. The van der Waals surface area contributed by atoms with Crippen molar-refractivity contribution >= 4 is 0 Å². The summed E-state index contributed by atoms with van der Waals surface area (Å²) in [5, 5.41) is 21.2. The van der Waals surface area contributed by atoms with Crippen molar-refractivity contribution in [2.45, 2.75) is 136 Å². The summed E-state index contributed by atoms with van der Waals surface area (Å²) in [5.41, 5.74) is -0.885. The molecule has 0 bridgehead atoms. The average molecular weight is 451 g/mol. The largest absolute Gasteiger partial charge is 0.390 e. The SMILES string of the molecule is CC[C@H](CC[C@@H]1CCC[C@H]2[C@H]1CC[C@H]1C[C@@](C)(O)[C@@H](OC)C[C@@]12C)[C@H](C)CCC(C)(C)O. The number of rotatable bonds is 9. The Morgan fingerprint density at radius 3 is 2.41 bits per heavy atom. The number of methoxy groups -OCH3 is 1. The van der Waals surface area contributed by atoms with E-state index in [1.54, 1.807) is 7.11 Å². The third kappa shape index (κ3) is 5.74. The van der Waals surface area contributed by atoms with Gasteiger partial charge in [-0.1, -0.05) is 40.0 Å². The van der Waals surface area contributed by atoms with Crippen molar-refractivity contribution in [1.29, 1.82) is 0 Å². The van der Waals surface area contributed by atoms with Crippen molar-refractivity contribution in [3.05, 3.63) is 0 Å². The first-order valence-electron chi connectivity index (χ1n) is 13.9. The number of aliphatic hydroxyl groups is 2. The Balaban J connectivity index is 1.63. The highest BCUT2D eigenvalue weighted by atomic mass is 16.5. The van der Waals surface area contributed by atoms with Crippen LogP contribution in [0.15, 0.2) is 0 Å². The lowest BCUT2D eigenvalue weighted by Gasteiger charge is -2.61. The highest BCUT2D eigenvalue weighted by molar-refractivity contribution is 5.07. The molecule has 2 N–H and O–H groups in total. The van der Waals surface area contributed by atoms with E-state index in [-0.39, 0.29) is 6.10 Å². The van der Waals surface area contributed by atoms with Crippen LogP contribution >= 0.6 is 0 Å². The molecule has 3 fully saturated rings. The fourth-order valence-corrected chi connectivity index (χ4v) is 8.37. The summed E-state index contributed by atoms with van der Waals surface area (Å²) < 4.78 is 5.83. The second-order valence-electron chi connectivity index (χ2n) is 13.3. The molecule has 188 valence electrons. The first-order valence-corrected chi connectivity index (χ1v) is 13.9. The van der Waals surface area contributed by atoms with Gasteiger partial charge in [-0.2, -0.15) is 0 Å². The molecular formula is C29H54O3. The van der Waals surface area contributed by atoms with E-state index in [4.69, 9.17) is 4.74 Å². The van der Waals surface area contributed by atoms with Crippen LogP contribution in [0.4, 0.5) is 0 Å². The zero-order chi connectivity index (χ0) is 23.7. The topological polar surface area (TPSA) is 49.7 Å². The van der Waals surface area contributed by atoms with Gasteiger partial charge in [-0.25, -0.2) is 0 Å². The van der Waals surface area contributed by atoms with E-state index in [2.05, 4.69) is 20.8 Å². The van der Waals surface area contributed by atoms with Gasteiger partial charge >= 0.3 is 0 Å². The summed E-state index contributed by atoms with van der Waals surface area (Å²) in [7, 11) is 1.79. The van der Waals surface area contributed by atoms with E-state index in [1.165, 1.54) is 51.4 Å². The summed E-state index contributed by atoms with van der Waals surface area (Å²) in [6, 6.07) is 0. The standard InChI is InChI=1S/C29H54O3/c1-8-21(20(2)16-17-27(3,4)30)12-13-22-10-9-11-25-24(22)15-14-23-18-29(6,31)26(32-7)19-28(23,25)5/h20-26,30-31H,8-19H2,1-7H3/t20-,21-,22+,23+,24+,25+,26+,28+,29-/m1/s1. The predicted octanol–water partition coefficient (Wildman–Crippen LogP) is 6.99. The molecule has 0 unspecified atom stereocenters. The maximum absolute atomic E-state index is 11.0. The van der Waals surface area contributed by atoms with Crippen molar-refractivity contribution < 1.29 is 14.9 Å². The zero-order valence-electron chi connectivity index (χ0n) is 22.3. The van der Waals surface area contributed by atoms with Crippen molar-refractivity contribution in [3.8, 4) is 0 Å². The minimum absolute atomic E-state index is 0.0241. The van der Waals surface area contributed by atoms with E-state index >= 15 is 0 Å². The molecular weight excluding hydrogens is 396 g/mol. The van der Waals surface area contributed by atoms with Crippen LogP contribution in [0.3, 0.4) is 0 Å². The normalized spacial score (nSPS) is 42.1. The third-order valence-corrected chi connectivity index (χ3v) is 10.6. The summed E-state index contributed by atoms with van der Waals surface area (Å²) in [6.07, 6.45) is 14.8. The molecule has 32 heavy (non-hydrogen) atoms. The fraction of sp³-hybridized carbons (Fsp3) is 1.00. The summed E-state index contributed by atoms with van der Waals surface area (Å²) in [5.74, 6) is 4.69. The lowest BCUT2D eigenvalue weighted by molar-refractivity contribution is -0.191. The van der Waals surface area contributed by atoms with Gasteiger partial charge in [0.25, 0.3) is 0 Å². The minimum Gasteiger partial charge on any atom is -0.390 e. The monoisotopic (exact) mass is 450 g/mol. The summed E-state index contributed by atoms with van der Waals surface area (Å²) >= 11 is 0. The Labute approximate surface area is 199 Å². The van der Waals surface area contributed by atoms with Gasteiger partial charge < -0.3 is 14.9 Å². The van der Waals surface area contributed by atoms with Crippen LogP contribution in [0.2, 0.25) is 0 Å². The van der Waals surface area contributed by atoms with E-state index in [9.17, 15) is 10.2 Å². The van der Waals surface area contributed by atoms with Gasteiger partial charge in [-0.15, -0.1) is 0 Å². The Bertz CT molecular complexity index is 594. The highest BCUT2D eigenvalue weighted by Gasteiger charge is 2.57. The van der Waals surface area contributed by atoms with Crippen molar-refractivity contribution in [2.75, 3.05) is 7.11 Å². The van der Waals surface area contributed by atoms with Gasteiger partial charge in [0.15, 0.2) is 0 Å². The Hall–Kier alpha value is -0.120. The maximum atomic E-state index is 11.0. The van der Waals surface area contributed by atoms with Crippen LogP contribution in [-0.4, -0.2) is 34.6 Å². The van der Waals surface area contributed by atoms with Crippen LogP contribution in [0.1, 0.15) is 119 Å². The molecule has 0 radical (unpaired) electrons. The van der Waals surface area contributed by atoms with Gasteiger partial charge in [0.2, 0.25) is 0 Å². The molecule has 0 amide bonds. The van der Waals surface area contributed by atoms with Gasteiger partial charge in [-0.3, -0.25) is 0 Å². The minimum atomic E-state index is -0.673. The smallest absolute Gasteiger partial charge is 0.0883 e. The molecule has 9 atom stereocenters. The molecule has 3 aliphatic carbocycles. The van der Waals surface area contributed by atoms with E-state index in [0.29, 0.717) is 17.3 Å². The molecule has 3 saturated carbocycles. The van der Waals surface area contributed by atoms with Gasteiger partial charge in [0.05, 0.1) is 17.3 Å². The van der Waals surface area contributed by atoms with Gasteiger partial charge in [-0.05, 0) is 119 Å². The molecule has 3 nitrogen and oxygen atoms in total. The fourth-order valence-electron chi connectivity index (χ4n) is 8.37. The molecule has 0 aromatic heterocycles. The average Bonchev–Trinajstić information content (AvgIpc) is 2.72. The summed E-state index contributed by atoms with van der Waals surface area (Å²) in [4.78, 5) is 0. The van der Waals surface area contributed by atoms with E-state index < -0.39 is 11.2 Å². The molecule has 0 aromatic rings. The molecule has 3 heteroatoms. The lowest BCUT2D eigenvalue weighted by atomic mass is 9.46. The first kappa shape index (κ1) is 26.5. The second kappa shape index (κ2) is 10.2. The quantitative estimate of drug-likeness (QED) is 0.398. The molecule has 3 rings (SSSR count). The first-order chi connectivity index (χ1) is 14.9. The van der Waals surface area contributed by atoms with E-state index in [0.717, 1.165) is 49.4 Å². The Morgan fingerprint density at radius 2 is 1.78 bits per heavy atom. The molecule has 0 aliphatic heterocycles. The van der Waals surface area contributed by atoms with Gasteiger partial charge in [0, 0.05) is 7.11 Å². The number of fused-ring (bicyclic) bond motifs is 3. The van der Waals surface area contributed by atoms with Crippen LogP contribution in [0.5, 0.6) is 0 Å². The Kier molecular flexibility index (Phi) is 8.48. The predicted molar refractivity (Wildman–Crippen MR) is 134 cm³/mol. The molecule has 3 aliphatic rings. The zero-order valence-corrected chi connectivity index (χ0v) is 22.3. The van der Waals surface area contributed by atoms with Gasteiger partial charge in [0.1, 0.15) is 0 Å². The molecule has 0 aromatic carbocycles. The van der Waals surface area contributed by atoms with Crippen molar-refractivity contribution in [2.24, 2.45) is 40.9 Å². The molecule has 0 heterocycles. The van der Waals surface area contributed by atoms with E-state index in [1.807, 2.05) is 20.8 Å². The third-order valence-electron chi connectivity index (χ3n) is 10.6. The maximum Gasteiger partial charge on any atom is 0.0883 e. The van der Waals surface area contributed by atoms with Crippen LogP contribution in [0, 0.1) is 40.9 Å². The second-order valence-corrected chi connectivity index (χ2v) is 13.3. The molecule has 0 spiro atoms. The Morgan fingerprint density at radius 1 is 1.06 bits per heavy atom.